The number of allylic oxidation sites excluding steroid dienone is 3. The van der Waals surface area contributed by atoms with Gasteiger partial charge in [0.15, 0.2) is 17.3 Å². The van der Waals surface area contributed by atoms with Gasteiger partial charge in [-0.15, -0.1) is 0 Å². The number of ketones is 1. The molecule has 0 spiro atoms. The molecule has 2 aromatic rings. The number of hydrogen-bond donors (Lipinski definition) is 3. The van der Waals surface area contributed by atoms with Crippen LogP contribution >= 0.6 is 0 Å². The largest absolute Gasteiger partial charge is 0.504 e. The van der Waals surface area contributed by atoms with Gasteiger partial charge in [0.1, 0.15) is 0 Å². The second-order valence-corrected chi connectivity index (χ2v) is 9.89. The van der Waals surface area contributed by atoms with E-state index >= 15 is 0 Å². The van der Waals surface area contributed by atoms with Gasteiger partial charge in [0.2, 0.25) is 0 Å². The Morgan fingerprint density at radius 3 is 2.56 bits per heavy atom. The predicted molar refractivity (Wildman–Crippen MR) is 128 cm³/mol. The van der Waals surface area contributed by atoms with E-state index in [-0.39, 0.29) is 40.4 Å². The second kappa shape index (κ2) is 9.04. The van der Waals surface area contributed by atoms with Crippen molar-refractivity contribution in [1.29, 1.82) is 0 Å². The zero-order valence-electron chi connectivity index (χ0n) is 20.3. The molecule has 1 amide bonds. The van der Waals surface area contributed by atoms with Crippen LogP contribution in [0.2, 0.25) is 0 Å². The number of rotatable bonds is 4. The number of hydrogen-bond acceptors (Lipinski definition) is 5. The fraction of sp³-hybridized carbons (Fsp3) is 0.333. The van der Waals surface area contributed by atoms with Crippen LogP contribution in [-0.4, -0.2) is 23.9 Å². The molecule has 9 heteroatoms. The zero-order chi connectivity index (χ0) is 26.4. The average molecular weight is 501 g/mol. The lowest BCUT2D eigenvalue weighted by atomic mass is 9.68. The summed E-state index contributed by atoms with van der Waals surface area (Å²) in [5.41, 5.74) is 1.18. The summed E-state index contributed by atoms with van der Waals surface area (Å²) in [7, 11) is 1.39. The molecule has 1 atom stereocenters. The number of halogens is 3. The van der Waals surface area contributed by atoms with Crippen molar-refractivity contribution in [2.24, 2.45) is 5.41 Å². The Morgan fingerprint density at radius 1 is 1.17 bits per heavy atom. The number of methoxy groups -OCH3 is 1. The summed E-state index contributed by atoms with van der Waals surface area (Å²) in [4.78, 5) is 26.9. The molecule has 0 unspecified atom stereocenters. The molecule has 1 aliphatic carbocycles. The predicted octanol–water partition coefficient (Wildman–Crippen LogP) is 5.66. The Hall–Kier alpha value is -3.75. The quantitative estimate of drug-likeness (QED) is 0.504. The van der Waals surface area contributed by atoms with Gasteiger partial charge in [-0.1, -0.05) is 26.0 Å². The van der Waals surface area contributed by atoms with E-state index < -0.39 is 23.6 Å². The van der Waals surface area contributed by atoms with Crippen molar-refractivity contribution in [2.75, 3.05) is 12.4 Å². The van der Waals surface area contributed by atoms with Gasteiger partial charge in [-0.2, -0.15) is 13.2 Å². The maximum absolute atomic E-state index is 13.5. The van der Waals surface area contributed by atoms with Crippen LogP contribution in [0.3, 0.4) is 0 Å². The standard InChI is InChI=1S/C27H27F3N2O4/c1-14-22(25(35)32-17-7-5-6-16(11-17)27(28,29)30)23(15-8-9-19(33)21(10-15)36-4)24-18(31-14)12-26(2,3)13-20(24)34/h5-11,23,31,33H,12-13H2,1-4H3,(H,32,35)/t23-/m0/s1. The van der Waals surface area contributed by atoms with E-state index in [1.54, 1.807) is 19.1 Å². The Bertz CT molecular complexity index is 1310. The normalized spacial score (nSPS) is 19.5. The van der Waals surface area contributed by atoms with Gasteiger partial charge in [-0.05, 0) is 54.7 Å². The van der Waals surface area contributed by atoms with Crippen LogP contribution in [-0.2, 0) is 15.8 Å². The first kappa shape index (κ1) is 25.3. The summed E-state index contributed by atoms with van der Waals surface area (Å²) in [6.07, 6.45) is -3.70. The SMILES string of the molecule is COc1cc([C@H]2C(C(=O)Nc3cccc(C(F)(F)F)c3)=C(C)NC3=C2C(=O)CC(C)(C)C3)ccc1O. The van der Waals surface area contributed by atoms with Gasteiger partial charge in [0.25, 0.3) is 5.91 Å². The third-order valence-corrected chi connectivity index (χ3v) is 6.47. The van der Waals surface area contributed by atoms with Crippen molar-refractivity contribution >= 4 is 17.4 Å². The molecule has 2 aromatic carbocycles. The molecule has 1 aliphatic heterocycles. The Morgan fingerprint density at radius 2 is 1.89 bits per heavy atom. The maximum Gasteiger partial charge on any atom is 0.416 e. The molecule has 0 bridgehead atoms. The number of nitrogens with one attached hydrogen (secondary N) is 2. The molecular weight excluding hydrogens is 473 g/mol. The topological polar surface area (TPSA) is 87.7 Å². The van der Waals surface area contributed by atoms with Crippen molar-refractivity contribution < 1.29 is 32.6 Å². The fourth-order valence-corrected chi connectivity index (χ4v) is 4.92. The molecule has 2 aliphatic rings. The van der Waals surface area contributed by atoms with E-state index in [9.17, 15) is 27.9 Å². The zero-order valence-corrected chi connectivity index (χ0v) is 20.3. The van der Waals surface area contributed by atoms with Gasteiger partial charge in [0.05, 0.1) is 12.7 Å². The Kier molecular flexibility index (Phi) is 6.36. The molecule has 4 rings (SSSR count). The number of phenols is 1. The third kappa shape index (κ3) is 4.82. The summed E-state index contributed by atoms with van der Waals surface area (Å²) < 4.78 is 44.8. The van der Waals surface area contributed by atoms with E-state index in [0.717, 1.165) is 12.1 Å². The number of anilines is 1. The molecule has 190 valence electrons. The number of alkyl halides is 3. The third-order valence-electron chi connectivity index (χ3n) is 6.47. The smallest absolute Gasteiger partial charge is 0.416 e. The molecular formula is C27H27F3N2O4. The van der Waals surface area contributed by atoms with Crippen LogP contribution in [0.5, 0.6) is 11.5 Å². The first-order valence-corrected chi connectivity index (χ1v) is 11.4. The van der Waals surface area contributed by atoms with Gasteiger partial charge < -0.3 is 20.5 Å². The van der Waals surface area contributed by atoms with E-state index in [1.165, 1.54) is 25.3 Å². The highest BCUT2D eigenvalue weighted by Gasteiger charge is 2.43. The van der Waals surface area contributed by atoms with Crippen LogP contribution in [0, 0.1) is 5.41 Å². The molecule has 0 fully saturated rings. The number of dihydropyridines is 1. The van der Waals surface area contributed by atoms with Crippen molar-refractivity contribution in [3.63, 3.8) is 0 Å². The highest BCUT2D eigenvalue weighted by atomic mass is 19.4. The lowest BCUT2D eigenvalue weighted by Gasteiger charge is -2.39. The average Bonchev–Trinajstić information content (AvgIpc) is 2.77. The fourth-order valence-electron chi connectivity index (χ4n) is 4.92. The van der Waals surface area contributed by atoms with E-state index in [2.05, 4.69) is 10.6 Å². The Labute approximate surface area is 206 Å². The minimum Gasteiger partial charge on any atom is -0.504 e. The molecule has 0 radical (unpaired) electrons. The summed E-state index contributed by atoms with van der Waals surface area (Å²) in [5, 5.41) is 15.9. The maximum atomic E-state index is 13.5. The minimum absolute atomic E-state index is 0.0203. The first-order chi connectivity index (χ1) is 16.8. The van der Waals surface area contributed by atoms with Gasteiger partial charge in [-0.3, -0.25) is 9.59 Å². The molecule has 0 saturated carbocycles. The van der Waals surface area contributed by atoms with Crippen LogP contribution < -0.4 is 15.4 Å². The molecule has 6 nitrogen and oxygen atoms in total. The van der Waals surface area contributed by atoms with Crippen LogP contribution in [0.1, 0.15) is 50.7 Å². The number of aromatic hydroxyl groups is 1. The number of amides is 1. The van der Waals surface area contributed by atoms with Gasteiger partial charge >= 0.3 is 6.18 Å². The van der Waals surface area contributed by atoms with E-state index in [1.807, 2.05) is 13.8 Å². The summed E-state index contributed by atoms with van der Waals surface area (Å²) >= 11 is 0. The first-order valence-electron chi connectivity index (χ1n) is 11.4. The Balaban J connectivity index is 1.81. The minimum atomic E-state index is -4.56. The monoisotopic (exact) mass is 500 g/mol. The molecule has 36 heavy (non-hydrogen) atoms. The van der Waals surface area contributed by atoms with Crippen molar-refractivity contribution in [2.45, 2.75) is 45.7 Å². The van der Waals surface area contributed by atoms with E-state index in [0.29, 0.717) is 29.0 Å². The number of benzene rings is 2. The highest BCUT2D eigenvalue weighted by molar-refractivity contribution is 6.10. The summed E-state index contributed by atoms with van der Waals surface area (Å²) in [5.74, 6) is -1.49. The van der Waals surface area contributed by atoms with Crippen molar-refractivity contribution in [1.82, 2.24) is 5.32 Å². The number of carbonyl (C=O) groups is 2. The lowest BCUT2D eigenvalue weighted by Crippen LogP contribution is -2.39. The van der Waals surface area contributed by atoms with Gasteiger partial charge in [-0.25, -0.2) is 0 Å². The van der Waals surface area contributed by atoms with E-state index in [4.69, 9.17) is 4.74 Å². The molecule has 0 saturated heterocycles. The second-order valence-electron chi connectivity index (χ2n) is 9.89. The van der Waals surface area contributed by atoms with Crippen LogP contribution in [0.15, 0.2) is 65.0 Å². The van der Waals surface area contributed by atoms with Crippen molar-refractivity contribution in [3.05, 3.63) is 76.1 Å². The molecule has 1 heterocycles. The summed E-state index contributed by atoms with van der Waals surface area (Å²) in [6, 6.07) is 8.97. The number of Topliss-reactive ketones (excluding diaryl/α,β-unsaturated/α-hetero) is 1. The highest BCUT2D eigenvalue weighted by Crippen LogP contribution is 2.47. The number of carbonyl (C=O) groups excluding carboxylic acids is 2. The van der Waals surface area contributed by atoms with Crippen LogP contribution in [0.25, 0.3) is 0 Å². The van der Waals surface area contributed by atoms with Crippen LogP contribution in [0.4, 0.5) is 18.9 Å². The lowest BCUT2D eigenvalue weighted by molar-refractivity contribution is -0.137. The summed E-state index contributed by atoms with van der Waals surface area (Å²) in [6.45, 7) is 5.68. The van der Waals surface area contributed by atoms with Gasteiger partial charge in [0, 0.05) is 40.6 Å². The number of ether oxygens (including phenoxy) is 1. The molecule has 3 N–H and O–H groups in total. The molecule has 0 aromatic heterocycles. The number of phenolic OH excluding ortho intramolecular Hbond substituents is 1. The van der Waals surface area contributed by atoms with Crippen molar-refractivity contribution in [3.8, 4) is 11.5 Å².